The van der Waals surface area contributed by atoms with Gasteiger partial charge < -0.3 is 5.32 Å². The summed E-state index contributed by atoms with van der Waals surface area (Å²) in [5.74, 6) is 0.904. The van der Waals surface area contributed by atoms with Crippen LogP contribution < -0.4 is 5.32 Å². The maximum Gasteiger partial charge on any atom is 0.0242 e. The first-order valence-corrected chi connectivity index (χ1v) is 7.77. The van der Waals surface area contributed by atoms with Crippen LogP contribution in [-0.4, -0.2) is 31.1 Å². The summed E-state index contributed by atoms with van der Waals surface area (Å²) >= 11 is 1.81. The van der Waals surface area contributed by atoms with Gasteiger partial charge in [-0.05, 0) is 67.2 Å². The van der Waals surface area contributed by atoms with E-state index < -0.39 is 0 Å². The van der Waals surface area contributed by atoms with Crippen molar-refractivity contribution < 1.29 is 0 Å². The van der Waals surface area contributed by atoms with E-state index in [1.54, 1.807) is 0 Å². The van der Waals surface area contributed by atoms with Crippen molar-refractivity contribution >= 4 is 11.3 Å². The zero-order valence-electron chi connectivity index (χ0n) is 10.8. The van der Waals surface area contributed by atoms with E-state index in [-0.39, 0.29) is 0 Å². The molecule has 1 aliphatic heterocycles. The van der Waals surface area contributed by atoms with Crippen molar-refractivity contribution in [3.8, 4) is 0 Å². The molecule has 0 unspecified atom stereocenters. The third-order valence-electron chi connectivity index (χ3n) is 3.50. The summed E-state index contributed by atoms with van der Waals surface area (Å²) in [6, 6.07) is 2.26. The van der Waals surface area contributed by atoms with Gasteiger partial charge in [-0.1, -0.05) is 6.92 Å². The van der Waals surface area contributed by atoms with Crippen molar-refractivity contribution in [2.75, 3.05) is 26.2 Å². The van der Waals surface area contributed by atoms with Crippen LogP contribution in [0.5, 0.6) is 0 Å². The molecule has 1 N–H and O–H groups in total. The van der Waals surface area contributed by atoms with Crippen LogP contribution in [0, 0.1) is 5.92 Å². The zero-order valence-corrected chi connectivity index (χ0v) is 11.6. The van der Waals surface area contributed by atoms with Gasteiger partial charge in [-0.3, -0.25) is 4.90 Å². The molecule has 3 heteroatoms. The molecule has 17 heavy (non-hydrogen) atoms. The molecule has 0 atom stereocenters. The highest BCUT2D eigenvalue weighted by Gasteiger charge is 2.16. The minimum atomic E-state index is 0.904. The molecular formula is C14H24N2S. The minimum Gasteiger partial charge on any atom is -0.317 e. The molecule has 0 aliphatic carbocycles. The van der Waals surface area contributed by atoms with Crippen LogP contribution in [0.25, 0.3) is 0 Å². The Balaban J connectivity index is 1.83. The van der Waals surface area contributed by atoms with Crippen LogP contribution in [0.1, 0.15) is 31.7 Å². The van der Waals surface area contributed by atoms with Crippen molar-refractivity contribution in [3.05, 3.63) is 22.4 Å². The topological polar surface area (TPSA) is 15.3 Å². The molecule has 1 saturated heterocycles. The Kier molecular flexibility index (Phi) is 5.49. The van der Waals surface area contributed by atoms with Crippen molar-refractivity contribution in [2.24, 2.45) is 5.92 Å². The van der Waals surface area contributed by atoms with Gasteiger partial charge in [-0.2, -0.15) is 11.3 Å². The summed E-state index contributed by atoms with van der Waals surface area (Å²) in [6.07, 6.45) is 3.96. The van der Waals surface area contributed by atoms with Gasteiger partial charge in [0.15, 0.2) is 0 Å². The summed E-state index contributed by atoms with van der Waals surface area (Å²) in [4.78, 5) is 2.64. The zero-order chi connectivity index (χ0) is 11.9. The third-order valence-corrected chi connectivity index (χ3v) is 4.23. The first-order chi connectivity index (χ1) is 8.38. The Hall–Kier alpha value is -0.380. The number of rotatable bonds is 6. The quantitative estimate of drug-likeness (QED) is 0.837. The molecule has 1 aliphatic rings. The Bertz CT molecular complexity index is 291. The van der Waals surface area contributed by atoms with E-state index in [9.17, 15) is 0 Å². The fourth-order valence-electron chi connectivity index (χ4n) is 2.62. The molecule has 96 valence electrons. The standard InChI is InChI=1S/C14H24N2S/c1-2-8-16(11-14-5-9-17-12-14)10-13-3-6-15-7-4-13/h5,9,12-13,15H,2-4,6-8,10-11H2,1H3. The molecule has 0 saturated carbocycles. The number of piperidine rings is 1. The van der Waals surface area contributed by atoms with E-state index in [1.165, 1.54) is 51.0 Å². The van der Waals surface area contributed by atoms with Crippen LogP contribution in [0.3, 0.4) is 0 Å². The monoisotopic (exact) mass is 252 g/mol. The van der Waals surface area contributed by atoms with E-state index in [0.29, 0.717) is 0 Å². The van der Waals surface area contributed by atoms with Crippen molar-refractivity contribution in [1.82, 2.24) is 10.2 Å². The van der Waals surface area contributed by atoms with Gasteiger partial charge in [-0.25, -0.2) is 0 Å². The van der Waals surface area contributed by atoms with Crippen LogP contribution >= 0.6 is 11.3 Å². The molecule has 0 aromatic carbocycles. The number of hydrogen-bond acceptors (Lipinski definition) is 3. The lowest BCUT2D eigenvalue weighted by Crippen LogP contribution is -2.36. The molecule has 2 nitrogen and oxygen atoms in total. The van der Waals surface area contributed by atoms with Gasteiger partial charge >= 0.3 is 0 Å². The van der Waals surface area contributed by atoms with Crippen LogP contribution in [0.2, 0.25) is 0 Å². The van der Waals surface area contributed by atoms with E-state index in [2.05, 4.69) is 34.0 Å². The van der Waals surface area contributed by atoms with E-state index in [0.717, 1.165) is 12.5 Å². The molecule has 2 heterocycles. The number of nitrogens with one attached hydrogen (secondary N) is 1. The highest BCUT2D eigenvalue weighted by atomic mass is 32.1. The van der Waals surface area contributed by atoms with Crippen molar-refractivity contribution in [2.45, 2.75) is 32.7 Å². The molecule has 0 radical (unpaired) electrons. The average Bonchev–Trinajstić information content (AvgIpc) is 2.83. The lowest BCUT2D eigenvalue weighted by molar-refractivity contribution is 0.199. The Labute approximate surface area is 109 Å². The fourth-order valence-corrected chi connectivity index (χ4v) is 3.28. The fraction of sp³-hybridized carbons (Fsp3) is 0.714. The molecule has 0 amide bonds. The van der Waals surface area contributed by atoms with E-state index in [4.69, 9.17) is 0 Å². The Morgan fingerprint density at radius 3 is 2.88 bits per heavy atom. The molecule has 2 rings (SSSR count). The Morgan fingerprint density at radius 2 is 2.24 bits per heavy atom. The second-order valence-corrected chi connectivity index (χ2v) is 5.84. The first kappa shape index (κ1) is 13.1. The predicted octanol–water partition coefficient (Wildman–Crippen LogP) is 2.96. The number of hydrogen-bond donors (Lipinski definition) is 1. The third kappa shape index (κ3) is 4.41. The van der Waals surface area contributed by atoms with Gasteiger partial charge in [-0.15, -0.1) is 0 Å². The molecular weight excluding hydrogens is 228 g/mol. The maximum absolute atomic E-state index is 3.45. The van der Waals surface area contributed by atoms with Crippen molar-refractivity contribution in [1.29, 1.82) is 0 Å². The largest absolute Gasteiger partial charge is 0.317 e. The van der Waals surface area contributed by atoms with E-state index >= 15 is 0 Å². The summed E-state index contributed by atoms with van der Waals surface area (Å²) in [5, 5.41) is 7.92. The second kappa shape index (κ2) is 7.14. The normalized spacial score (nSPS) is 17.8. The van der Waals surface area contributed by atoms with E-state index in [1.807, 2.05) is 11.3 Å². The average molecular weight is 252 g/mol. The predicted molar refractivity (Wildman–Crippen MR) is 75.5 cm³/mol. The highest BCUT2D eigenvalue weighted by molar-refractivity contribution is 7.07. The van der Waals surface area contributed by atoms with Crippen LogP contribution in [0.4, 0.5) is 0 Å². The molecule has 1 fully saturated rings. The molecule has 1 aromatic heterocycles. The van der Waals surface area contributed by atoms with Gasteiger partial charge in [0.05, 0.1) is 0 Å². The minimum absolute atomic E-state index is 0.904. The highest BCUT2D eigenvalue weighted by Crippen LogP contribution is 2.16. The molecule has 1 aromatic rings. The van der Waals surface area contributed by atoms with Gasteiger partial charge in [0.1, 0.15) is 0 Å². The smallest absolute Gasteiger partial charge is 0.0242 e. The second-order valence-electron chi connectivity index (χ2n) is 5.06. The Morgan fingerprint density at radius 1 is 1.41 bits per heavy atom. The summed E-state index contributed by atoms with van der Waals surface area (Å²) < 4.78 is 0. The maximum atomic E-state index is 3.45. The molecule has 0 spiro atoms. The SMILES string of the molecule is CCCN(Cc1ccsc1)CC1CCNCC1. The lowest BCUT2D eigenvalue weighted by Gasteiger charge is -2.29. The summed E-state index contributed by atoms with van der Waals surface area (Å²) in [6.45, 7) is 8.36. The van der Waals surface area contributed by atoms with Gasteiger partial charge in [0, 0.05) is 13.1 Å². The van der Waals surface area contributed by atoms with Crippen molar-refractivity contribution in [3.63, 3.8) is 0 Å². The number of thiophene rings is 1. The lowest BCUT2D eigenvalue weighted by atomic mass is 9.97. The first-order valence-electron chi connectivity index (χ1n) is 6.82. The van der Waals surface area contributed by atoms with Crippen LogP contribution in [0.15, 0.2) is 16.8 Å². The number of nitrogens with zero attached hydrogens (tertiary/aromatic N) is 1. The van der Waals surface area contributed by atoms with Gasteiger partial charge in [0.25, 0.3) is 0 Å². The molecule has 0 bridgehead atoms. The summed E-state index contributed by atoms with van der Waals surface area (Å²) in [7, 11) is 0. The summed E-state index contributed by atoms with van der Waals surface area (Å²) in [5.41, 5.74) is 1.48. The van der Waals surface area contributed by atoms with Gasteiger partial charge in [0.2, 0.25) is 0 Å². The van der Waals surface area contributed by atoms with Crippen LogP contribution in [-0.2, 0) is 6.54 Å².